The molecule has 33 heavy (non-hydrogen) atoms. The van der Waals surface area contributed by atoms with Crippen molar-refractivity contribution in [3.63, 3.8) is 0 Å². The second-order valence-corrected chi connectivity index (χ2v) is 9.05. The Morgan fingerprint density at radius 2 is 1.52 bits per heavy atom. The number of benzene rings is 3. The van der Waals surface area contributed by atoms with Gasteiger partial charge in [0.15, 0.2) is 0 Å². The molecule has 2 aliphatic rings. The summed E-state index contributed by atoms with van der Waals surface area (Å²) < 4.78 is 0. The maximum Gasteiger partial charge on any atom is 0.266 e. The van der Waals surface area contributed by atoms with Crippen LogP contribution in [-0.2, 0) is 0 Å². The van der Waals surface area contributed by atoms with Gasteiger partial charge in [0, 0.05) is 39.2 Å². The van der Waals surface area contributed by atoms with Crippen molar-refractivity contribution in [1.82, 2.24) is 4.98 Å². The third kappa shape index (κ3) is 2.94. The number of nitrogens with one attached hydrogen (secondary N) is 1. The molecule has 3 aromatic carbocycles. The summed E-state index contributed by atoms with van der Waals surface area (Å²) in [6.45, 7) is 6.05. The van der Waals surface area contributed by atoms with Crippen LogP contribution in [0.4, 0.5) is 11.4 Å². The van der Waals surface area contributed by atoms with Crippen LogP contribution in [0.25, 0.3) is 21.7 Å². The summed E-state index contributed by atoms with van der Waals surface area (Å²) in [5.41, 5.74) is 4.62. The Hall–Kier alpha value is -3.77. The number of carbonyl (C=O) groups is 2. The van der Waals surface area contributed by atoms with Crippen molar-refractivity contribution in [1.29, 1.82) is 0 Å². The number of hydrogen-bond acceptors (Lipinski definition) is 4. The molecule has 6 nitrogen and oxygen atoms in total. The number of pyridine rings is 1. The van der Waals surface area contributed by atoms with E-state index in [0.29, 0.717) is 16.8 Å². The summed E-state index contributed by atoms with van der Waals surface area (Å²) in [5.74, 6) is -0.570. The molecule has 1 saturated heterocycles. The highest BCUT2D eigenvalue weighted by molar-refractivity contribution is 6.37. The minimum absolute atomic E-state index is 0.285. The van der Waals surface area contributed by atoms with Crippen LogP contribution in [0.5, 0.6) is 0 Å². The first-order chi connectivity index (χ1) is 16.0. The van der Waals surface area contributed by atoms with E-state index in [1.807, 2.05) is 61.5 Å². The van der Waals surface area contributed by atoms with Crippen molar-refractivity contribution >= 4 is 44.9 Å². The lowest BCUT2D eigenvalue weighted by atomic mass is 9.92. The van der Waals surface area contributed by atoms with E-state index in [-0.39, 0.29) is 11.8 Å². The molecule has 0 aliphatic carbocycles. The van der Waals surface area contributed by atoms with Crippen LogP contribution in [0, 0.1) is 6.92 Å². The highest BCUT2D eigenvalue weighted by Gasteiger charge is 2.36. The van der Waals surface area contributed by atoms with Crippen LogP contribution in [0.1, 0.15) is 26.3 Å². The molecular formula is C27H25N4O2+. The van der Waals surface area contributed by atoms with Crippen molar-refractivity contribution in [2.24, 2.45) is 0 Å². The number of hydrogen-bond donors (Lipinski definition) is 1. The van der Waals surface area contributed by atoms with E-state index in [1.165, 1.54) is 9.80 Å². The van der Waals surface area contributed by atoms with Crippen LogP contribution < -0.4 is 14.7 Å². The third-order valence-corrected chi connectivity index (χ3v) is 7.03. The lowest BCUT2D eigenvalue weighted by Gasteiger charge is -2.34. The van der Waals surface area contributed by atoms with Crippen molar-refractivity contribution < 1.29 is 14.5 Å². The highest BCUT2D eigenvalue weighted by Crippen LogP contribution is 2.39. The van der Waals surface area contributed by atoms with Gasteiger partial charge in [0.1, 0.15) is 0 Å². The number of imide groups is 1. The quantitative estimate of drug-likeness (QED) is 0.490. The van der Waals surface area contributed by atoms with Gasteiger partial charge in [0.25, 0.3) is 11.8 Å². The number of piperazine rings is 1. The largest absolute Gasteiger partial charge is 0.360 e. The third-order valence-electron chi connectivity index (χ3n) is 7.03. The van der Waals surface area contributed by atoms with Crippen LogP contribution in [0.2, 0.25) is 0 Å². The zero-order chi connectivity index (χ0) is 22.7. The SMILES string of the molecule is Cc1ccc(N2C(=O)c3cccc4c(N5CC[NH+](C)CC5)ccc(c34)C2=O)c2cccnc12. The van der Waals surface area contributed by atoms with Gasteiger partial charge < -0.3 is 9.80 Å². The topological polar surface area (TPSA) is 58.0 Å². The first-order valence-electron chi connectivity index (χ1n) is 11.4. The van der Waals surface area contributed by atoms with Gasteiger partial charge in [-0.3, -0.25) is 14.6 Å². The second kappa shape index (κ2) is 7.39. The van der Waals surface area contributed by atoms with Gasteiger partial charge in [0.2, 0.25) is 0 Å². The maximum atomic E-state index is 13.7. The Morgan fingerprint density at radius 3 is 2.30 bits per heavy atom. The fourth-order valence-electron chi connectivity index (χ4n) is 5.20. The van der Waals surface area contributed by atoms with E-state index in [1.54, 1.807) is 6.20 Å². The molecule has 1 N–H and O–H groups in total. The molecule has 0 radical (unpaired) electrons. The van der Waals surface area contributed by atoms with Crippen LogP contribution in [0.15, 0.2) is 60.8 Å². The Balaban J connectivity index is 1.52. The summed E-state index contributed by atoms with van der Waals surface area (Å²) in [6.07, 6.45) is 1.73. The summed E-state index contributed by atoms with van der Waals surface area (Å²) >= 11 is 0. The lowest BCUT2D eigenvalue weighted by molar-refractivity contribution is -0.880. The van der Waals surface area contributed by atoms with E-state index in [0.717, 1.165) is 59.1 Å². The Labute approximate surface area is 192 Å². The van der Waals surface area contributed by atoms with Gasteiger partial charge >= 0.3 is 0 Å². The second-order valence-electron chi connectivity index (χ2n) is 9.05. The number of nitrogens with zero attached hydrogens (tertiary/aromatic N) is 3. The van der Waals surface area contributed by atoms with E-state index >= 15 is 0 Å². The predicted octanol–water partition coefficient (Wildman–Crippen LogP) is 2.83. The Bertz CT molecular complexity index is 1430. The summed E-state index contributed by atoms with van der Waals surface area (Å²) in [6, 6.07) is 17.2. The van der Waals surface area contributed by atoms with Gasteiger partial charge in [-0.15, -0.1) is 0 Å². The first kappa shape index (κ1) is 19.9. The van der Waals surface area contributed by atoms with Gasteiger partial charge in [-0.1, -0.05) is 18.2 Å². The Morgan fingerprint density at radius 1 is 0.818 bits per heavy atom. The van der Waals surface area contributed by atoms with Crippen molar-refractivity contribution in [2.45, 2.75) is 6.92 Å². The van der Waals surface area contributed by atoms with Gasteiger partial charge in [0.05, 0.1) is 44.4 Å². The first-order valence-corrected chi connectivity index (χ1v) is 11.4. The Kier molecular flexibility index (Phi) is 4.45. The molecule has 0 saturated carbocycles. The zero-order valence-electron chi connectivity index (χ0n) is 18.8. The number of fused-ring (bicyclic) bond motifs is 1. The van der Waals surface area contributed by atoms with E-state index in [9.17, 15) is 9.59 Å². The summed E-state index contributed by atoms with van der Waals surface area (Å²) in [4.78, 5) is 37.2. The molecule has 1 fully saturated rings. The molecule has 1 aromatic heterocycles. The highest BCUT2D eigenvalue weighted by atomic mass is 16.2. The number of carbonyl (C=O) groups excluding carboxylic acids is 2. The molecule has 0 spiro atoms. The zero-order valence-corrected chi connectivity index (χ0v) is 18.8. The molecule has 2 aliphatic heterocycles. The fraction of sp³-hybridized carbons (Fsp3) is 0.222. The van der Waals surface area contributed by atoms with Crippen molar-refractivity contribution in [2.75, 3.05) is 43.0 Å². The van der Waals surface area contributed by atoms with E-state index in [4.69, 9.17) is 0 Å². The van der Waals surface area contributed by atoms with E-state index < -0.39 is 0 Å². The normalized spacial score (nSPS) is 16.8. The molecule has 164 valence electrons. The molecule has 6 heteroatoms. The number of anilines is 2. The number of aromatic nitrogens is 1. The van der Waals surface area contributed by atoms with Gasteiger partial charge in [-0.25, -0.2) is 4.90 Å². The molecule has 6 rings (SSSR count). The molecule has 4 aromatic rings. The van der Waals surface area contributed by atoms with Crippen LogP contribution >= 0.6 is 0 Å². The van der Waals surface area contributed by atoms with Crippen LogP contribution in [-0.4, -0.2) is 50.0 Å². The van der Waals surface area contributed by atoms with Crippen molar-refractivity contribution in [3.8, 4) is 0 Å². The summed E-state index contributed by atoms with van der Waals surface area (Å²) in [7, 11) is 2.21. The van der Waals surface area contributed by atoms with Crippen molar-refractivity contribution in [3.05, 3.63) is 77.5 Å². The molecule has 0 bridgehead atoms. The van der Waals surface area contributed by atoms with Gasteiger partial charge in [-0.05, 0) is 48.9 Å². The molecular weight excluding hydrogens is 412 g/mol. The molecule has 3 heterocycles. The fourth-order valence-corrected chi connectivity index (χ4v) is 5.20. The number of quaternary nitrogens is 1. The van der Waals surface area contributed by atoms with Gasteiger partial charge in [-0.2, -0.15) is 0 Å². The molecule has 0 unspecified atom stereocenters. The minimum atomic E-state index is -0.285. The van der Waals surface area contributed by atoms with Crippen LogP contribution in [0.3, 0.4) is 0 Å². The lowest BCUT2D eigenvalue weighted by Crippen LogP contribution is -3.12. The number of likely N-dealkylation sites (N-methyl/N-ethyl adjacent to an activating group) is 1. The smallest absolute Gasteiger partial charge is 0.266 e. The minimum Gasteiger partial charge on any atom is -0.360 e. The van der Waals surface area contributed by atoms with E-state index in [2.05, 4.69) is 16.9 Å². The average Bonchev–Trinajstić information content (AvgIpc) is 2.84. The number of amides is 2. The molecule has 0 atom stereocenters. The molecule has 2 amide bonds. The number of rotatable bonds is 2. The number of aryl methyl sites for hydroxylation is 1. The maximum absolute atomic E-state index is 13.7. The standard InChI is InChI=1S/C27H24N4O2/c1-17-8-10-23(19-7-4-12-28-25(17)19)31-26(32)20-6-3-5-18-22(30-15-13-29(2)14-16-30)11-9-21(24(18)20)27(31)33/h3-12H,13-16H2,1-2H3/p+1. The monoisotopic (exact) mass is 437 g/mol. The predicted molar refractivity (Wildman–Crippen MR) is 130 cm³/mol. The average molecular weight is 438 g/mol. The summed E-state index contributed by atoms with van der Waals surface area (Å²) in [5, 5.41) is 2.54.